The molecular weight excluding hydrogens is 212 g/mol. The first-order valence-corrected chi connectivity index (χ1v) is 5.59. The Kier molecular flexibility index (Phi) is 3.38. The average molecular weight is 227 g/mol. The van der Waals surface area contributed by atoms with Gasteiger partial charge in [-0.25, -0.2) is 4.98 Å². The van der Waals surface area contributed by atoms with Gasteiger partial charge in [0.25, 0.3) is 0 Å². The van der Waals surface area contributed by atoms with E-state index in [9.17, 15) is 0 Å². The van der Waals surface area contributed by atoms with Crippen molar-refractivity contribution >= 4 is 17.4 Å². The summed E-state index contributed by atoms with van der Waals surface area (Å²) >= 11 is 5.77. The van der Waals surface area contributed by atoms with Gasteiger partial charge in [-0.05, 0) is 26.3 Å². The number of piperidine rings is 1. The number of halogens is 1. The second-order valence-electron chi connectivity index (χ2n) is 3.95. The Morgan fingerprint density at radius 1 is 1.53 bits per heavy atom. The molecule has 1 aliphatic rings. The van der Waals surface area contributed by atoms with Gasteiger partial charge in [-0.1, -0.05) is 11.6 Å². The second-order valence-corrected chi connectivity index (χ2v) is 4.34. The first kappa shape index (κ1) is 10.6. The molecule has 0 aromatic carbocycles. The van der Waals surface area contributed by atoms with Crippen LogP contribution in [0.1, 0.15) is 19.8 Å². The first-order chi connectivity index (χ1) is 7.24. The van der Waals surface area contributed by atoms with Crippen LogP contribution in [0.25, 0.3) is 0 Å². The van der Waals surface area contributed by atoms with Crippen LogP contribution in [0.2, 0.25) is 5.15 Å². The van der Waals surface area contributed by atoms with Gasteiger partial charge in [-0.2, -0.15) is 0 Å². The van der Waals surface area contributed by atoms with Gasteiger partial charge in [0.05, 0.1) is 12.4 Å². The molecule has 82 valence electrons. The summed E-state index contributed by atoms with van der Waals surface area (Å²) in [5.74, 6) is 0.765. The van der Waals surface area contributed by atoms with Crippen molar-refractivity contribution in [2.45, 2.75) is 31.8 Å². The van der Waals surface area contributed by atoms with E-state index >= 15 is 0 Å². The number of nitrogens with zero attached hydrogens (tertiary/aromatic N) is 2. The Bertz CT molecular complexity index is 331. The molecule has 2 N–H and O–H groups in total. The molecule has 2 unspecified atom stereocenters. The first-order valence-electron chi connectivity index (χ1n) is 5.21. The Morgan fingerprint density at radius 2 is 2.40 bits per heavy atom. The lowest BCUT2D eigenvalue weighted by molar-refractivity contribution is 0.396. The highest BCUT2D eigenvalue weighted by Gasteiger charge is 2.18. The molecule has 0 bridgehead atoms. The van der Waals surface area contributed by atoms with Crippen molar-refractivity contribution < 1.29 is 0 Å². The summed E-state index contributed by atoms with van der Waals surface area (Å²) in [6.45, 7) is 3.24. The van der Waals surface area contributed by atoms with Crippen molar-refractivity contribution in [3.05, 3.63) is 17.5 Å². The molecule has 1 aromatic heterocycles. The minimum atomic E-state index is 0.432. The van der Waals surface area contributed by atoms with Gasteiger partial charge in [0.15, 0.2) is 0 Å². The van der Waals surface area contributed by atoms with E-state index < -0.39 is 0 Å². The van der Waals surface area contributed by atoms with E-state index in [1.54, 1.807) is 6.20 Å². The van der Waals surface area contributed by atoms with E-state index in [1.807, 2.05) is 0 Å². The van der Waals surface area contributed by atoms with Crippen LogP contribution < -0.4 is 10.6 Å². The summed E-state index contributed by atoms with van der Waals surface area (Å²) in [6, 6.07) is 1.03. The SMILES string of the molecule is CC1CC(Nc2cncc(Cl)n2)CCN1. The van der Waals surface area contributed by atoms with Gasteiger partial charge in [-0.3, -0.25) is 4.98 Å². The highest BCUT2D eigenvalue weighted by Crippen LogP contribution is 2.14. The molecule has 0 spiro atoms. The molecule has 0 aliphatic carbocycles. The van der Waals surface area contributed by atoms with Gasteiger partial charge >= 0.3 is 0 Å². The van der Waals surface area contributed by atoms with Gasteiger partial charge in [0, 0.05) is 12.1 Å². The minimum Gasteiger partial charge on any atom is -0.366 e. The maximum absolute atomic E-state index is 5.77. The Hall–Kier alpha value is -0.870. The monoisotopic (exact) mass is 226 g/mol. The molecule has 1 fully saturated rings. The molecule has 0 saturated carbocycles. The third-order valence-electron chi connectivity index (χ3n) is 2.58. The Labute approximate surface area is 94.5 Å². The van der Waals surface area contributed by atoms with E-state index in [1.165, 1.54) is 6.20 Å². The van der Waals surface area contributed by atoms with Crippen LogP contribution in [0.4, 0.5) is 5.82 Å². The summed E-state index contributed by atoms with van der Waals surface area (Å²) in [5.41, 5.74) is 0. The van der Waals surface area contributed by atoms with Crippen LogP contribution >= 0.6 is 11.6 Å². The lowest BCUT2D eigenvalue weighted by Gasteiger charge is -2.28. The molecular formula is C10H15ClN4. The Morgan fingerprint density at radius 3 is 3.13 bits per heavy atom. The molecule has 2 atom stereocenters. The molecule has 1 saturated heterocycles. The molecule has 1 aromatic rings. The molecule has 5 heteroatoms. The van der Waals surface area contributed by atoms with E-state index in [-0.39, 0.29) is 0 Å². The topological polar surface area (TPSA) is 49.8 Å². The average Bonchev–Trinajstić information content (AvgIpc) is 2.17. The van der Waals surface area contributed by atoms with Crippen LogP contribution in [0.5, 0.6) is 0 Å². The molecule has 0 radical (unpaired) electrons. The summed E-state index contributed by atoms with van der Waals surface area (Å²) in [4.78, 5) is 8.16. The third kappa shape index (κ3) is 3.04. The van der Waals surface area contributed by atoms with Crippen LogP contribution in [0.3, 0.4) is 0 Å². The molecule has 0 amide bonds. The van der Waals surface area contributed by atoms with Crippen molar-refractivity contribution in [1.82, 2.24) is 15.3 Å². The third-order valence-corrected chi connectivity index (χ3v) is 2.76. The largest absolute Gasteiger partial charge is 0.366 e. The summed E-state index contributed by atoms with van der Waals surface area (Å²) in [7, 11) is 0. The zero-order valence-electron chi connectivity index (χ0n) is 8.70. The number of hydrogen-bond donors (Lipinski definition) is 2. The standard InChI is InChI=1S/C10H15ClN4/c1-7-4-8(2-3-13-7)14-10-6-12-5-9(11)15-10/h5-8,13H,2-4H2,1H3,(H,14,15). The van der Waals surface area contributed by atoms with E-state index in [0.29, 0.717) is 17.2 Å². The van der Waals surface area contributed by atoms with Gasteiger partial charge in [0.1, 0.15) is 11.0 Å². The zero-order chi connectivity index (χ0) is 10.7. The predicted octanol–water partition coefficient (Wildman–Crippen LogP) is 1.68. The van der Waals surface area contributed by atoms with Crippen LogP contribution in [0.15, 0.2) is 12.4 Å². The highest BCUT2D eigenvalue weighted by molar-refractivity contribution is 6.29. The van der Waals surface area contributed by atoms with E-state index in [4.69, 9.17) is 11.6 Å². The van der Waals surface area contributed by atoms with Crippen molar-refractivity contribution in [2.75, 3.05) is 11.9 Å². The summed E-state index contributed by atoms with van der Waals surface area (Å²) in [6.07, 6.45) is 5.46. The summed E-state index contributed by atoms with van der Waals surface area (Å²) < 4.78 is 0. The van der Waals surface area contributed by atoms with E-state index in [2.05, 4.69) is 27.5 Å². The van der Waals surface area contributed by atoms with Crippen LogP contribution in [-0.2, 0) is 0 Å². The number of rotatable bonds is 2. The van der Waals surface area contributed by atoms with Gasteiger partial charge in [0.2, 0.25) is 0 Å². The molecule has 1 aliphatic heterocycles. The lowest BCUT2D eigenvalue weighted by Crippen LogP contribution is -2.41. The fourth-order valence-corrected chi connectivity index (χ4v) is 2.03. The molecule has 2 rings (SSSR count). The molecule has 2 heterocycles. The minimum absolute atomic E-state index is 0.432. The van der Waals surface area contributed by atoms with E-state index in [0.717, 1.165) is 25.2 Å². The van der Waals surface area contributed by atoms with Crippen molar-refractivity contribution in [2.24, 2.45) is 0 Å². The maximum atomic E-state index is 5.77. The predicted molar refractivity (Wildman–Crippen MR) is 61.2 cm³/mol. The fourth-order valence-electron chi connectivity index (χ4n) is 1.88. The number of aromatic nitrogens is 2. The smallest absolute Gasteiger partial charge is 0.149 e. The maximum Gasteiger partial charge on any atom is 0.149 e. The fraction of sp³-hybridized carbons (Fsp3) is 0.600. The number of hydrogen-bond acceptors (Lipinski definition) is 4. The van der Waals surface area contributed by atoms with Crippen LogP contribution in [-0.4, -0.2) is 28.6 Å². The number of anilines is 1. The number of nitrogens with one attached hydrogen (secondary N) is 2. The highest BCUT2D eigenvalue weighted by atomic mass is 35.5. The van der Waals surface area contributed by atoms with Gasteiger partial charge < -0.3 is 10.6 Å². The van der Waals surface area contributed by atoms with Gasteiger partial charge in [-0.15, -0.1) is 0 Å². The van der Waals surface area contributed by atoms with Crippen LogP contribution in [0, 0.1) is 0 Å². The molecule has 4 nitrogen and oxygen atoms in total. The Balaban J connectivity index is 1.96. The normalized spacial score (nSPS) is 26.3. The van der Waals surface area contributed by atoms with Crippen molar-refractivity contribution in [3.63, 3.8) is 0 Å². The van der Waals surface area contributed by atoms with Crippen molar-refractivity contribution in [3.8, 4) is 0 Å². The molecule has 15 heavy (non-hydrogen) atoms. The zero-order valence-corrected chi connectivity index (χ0v) is 9.46. The summed E-state index contributed by atoms with van der Waals surface area (Å²) in [5, 5.41) is 7.19. The second kappa shape index (κ2) is 4.77. The van der Waals surface area contributed by atoms with Crippen molar-refractivity contribution in [1.29, 1.82) is 0 Å². The lowest BCUT2D eigenvalue weighted by atomic mass is 10.0. The quantitative estimate of drug-likeness (QED) is 0.806.